The molecule has 1 fully saturated rings. The fourth-order valence-electron chi connectivity index (χ4n) is 2.70. The van der Waals surface area contributed by atoms with Crippen LogP contribution in [0.25, 0.3) is 0 Å². The highest BCUT2D eigenvalue weighted by molar-refractivity contribution is 5.88. The van der Waals surface area contributed by atoms with E-state index in [4.69, 9.17) is 0 Å². The third-order valence-corrected chi connectivity index (χ3v) is 4.51. The molecule has 2 heterocycles. The Labute approximate surface area is 150 Å². The van der Waals surface area contributed by atoms with Gasteiger partial charge in [0.25, 0.3) is 0 Å². The average Bonchev–Trinajstić information content (AvgIpc) is 2.60. The molecular weight excluding hydrogens is 349 g/mol. The molecule has 0 aromatic carbocycles. The van der Waals surface area contributed by atoms with Gasteiger partial charge in [-0.25, -0.2) is 9.78 Å². The fourth-order valence-corrected chi connectivity index (χ4v) is 2.70. The summed E-state index contributed by atoms with van der Waals surface area (Å²) in [7, 11) is 0. The maximum absolute atomic E-state index is 12.5. The summed E-state index contributed by atoms with van der Waals surface area (Å²) < 4.78 is 37.5. The molecule has 0 radical (unpaired) electrons. The maximum atomic E-state index is 12.5. The summed E-state index contributed by atoms with van der Waals surface area (Å²) in [6.07, 6.45) is -1.73. The molecule has 1 saturated heterocycles. The molecule has 1 aliphatic rings. The van der Waals surface area contributed by atoms with Crippen LogP contribution >= 0.6 is 0 Å². The Morgan fingerprint density at radius 1 is 1.31 bits per heavy atom. The predicted octanol–water partition coefficient (Wildman–Crippen LogP) is 3.26. The van der Waals surface area contributed by atoms with E-state index in [-0.39, 0.29) is 23.7 Å². The number of likely N-dealkylation sites (tertiary alicyclic amines) is 1. The van der Waals surface area contributed by atoms with Gasteiger partial charge in [0.15, 0.2) is 0 Å². The summed E-state index contributed by atoms with van der Waals surface area (Å²) in [6.45, 7) is 5.02. The predicted molar refractivity (Wildman–Crippen MR) is 90.5 cm³/mol. The zero-order chi connectivity index (χ0) is 19.3. The Bertz CT molecular complexity index is 626. The number of amides is 3. The number of anilines is 1. The Hall–Kier alpha value is -2.32. The van der Waals surface area contributed by atoms with Gasteiger partial charge in [-0.05, 0) is 31.4 Å². The molecule has 3 amide bonds. The first-order chi connectivity index (χ1) is 12.2. The summed E-state index contributed by atoms with van der Waals surface area (Å²) in [6, 6.07) is 1.35. The van der Waals surface area contributed by atoms with Crippen LogP contribution in [0.15, 0.2) is 18.3 Å². The normalized spacial score (nSPS) is 16.9. The van der Waals surface area contributed by atoms with E-state index in [0.29, 0.717) is 32.1 Å². The van der Waals surface area contributed by atoms with Crippen LogP contribution in [-0.4, -0.2) is 41.0 Å². The number of carbonyl (C=O) groups is 2. The molecule has 1 aliphatic heterocycles. The molecule has 1 aromatic rings. The Morgan fingerprint density at radius 2 is 1.96 bits per heavy atom. The number of nitrogens with one attached hydrogen (secondary N) is 2. The van der Waals surface area contributed by atoms with Crippen LogP contribution in [0.5, 0.6) is 0 Å². The lowest BCUT2D eigenvalue weighted by atomic mass is 10.0. The lowest BCUT2D eigenvalue weighted by molar-refractivity contribution is -0.138. The topological polar surface area (TPSA) is 74.3 Å². The van der Waals surface area contributed by atoms with Gasteiger partial charge in [0.05, 0.1) is 5.56 Å². The lowest BCUT2D eigenvalue weighted by Crippen LogP contribution is -2.48. The summed E-state index contributed by atoms with van der Waals surface area (Å²) in [5.74, 6) is 0.165. The summed E-state index contributed by atoms with van der Waals surface area (Å²) >= 11 is 0. The number of halogens is 3. The molecule has 0 unspecified atom stereocenters. The molecule has 0 saturated carbocycles. The number of piperidine rings is 1. The second-order valence-electron chi connectivity index (χ2n) is 6.44. The van der Waals surface area contributed by atoms with E-state index in [1.165, 1.54) is 0 Å². The van der Waals surface area contributed by atoms with Crippen LogP contribution in [0.3, 0.4) is 0 Å². The number of hydrogen-bond acceptors (Lipinski definition) is 3. The van der Waals surface area contributed by atoms with Crippen molar-refractivity contribution in [2.45, 2.75) is 45.3 Å². The molecule has 0 bridgehead atoms. The molecule has 0 spiro atoms. The highest BCUT2D eigenvalue weighted by Gasteiger charge is 2.31. The smallest absolute Gasteiger partial charge is 0.342 e. The third kappa shape index (κ3) is 5.34. The first-order valence-corrected chi connectivity index (χ1v) is 8.60. The van der Waals surface area contributed by atoms with Crippen molar-refractivity contribution >= 4 is 17.8 Å². The molecule has 26 heavy (non-hydrogen) atoms. The van der Waals surface area contributed by atoms with Crippen molar-refractivity contribution in [3.8, 4) is 0 Å². The van der Waals surface area contributed by atoms with Gasteiger partial charge in [-0.1, -0.05) is 13.8 Å². The van der Waals surface area contributed by atoms with Crippen LogP contribution < -0.4 is 10.6 Å². The summed E-state index contributed by atoms with van der Waals surface area (Å²) in [4.78, 5) is 29.5. The fraction of sp³-hybridized carbons (Fsp3) is 0.588. The number of urea groups is 1. The molecule has 0 aliphatic carbocycles. The van der Waals surface area contributed by atoms with Crippen molar-refractivity contribution in [1.29, 1.82) is 0 Å². The first kappa shape index (κ1) is 20.0. The Kier molecular flexibility index (Phi) is 6.44. The van der Waals surface area contributed by atoms with Crippen molar-refractivity contribution in [2.24, 2.45) is 5.92 Å². The van der Waals surface area contributed by atoms with Gasteiger partial charge in [0.1, 0.15) is 5.82 Å². The van der Waals surface area contributed by atoms with Gasteiger partial charge >= 0.3 is 12.2 Å². The van der Waals surface area contributed by atoms with E-state index in [2.05, 4.69) is 15.6 Å². The molecule has 1 aromatic heterocycles. The average molecular weight is 372 g/mol. The number of alkyl halides is 3. The highest BCUT2D eigenvalue weighted by Crippen LogP contribution is 2.28. The van der Waals surface area contributed by atoms with Crippen molar-refractivity contribution in [3.63, 3.8) is 0 Å². The monoisotopic (exact) mass is 372 g/mol. The number of pyridine rings is 1. The largest absolute Gasteiger partial charge is 0.417 e. The van der Waals surface area contributed by atoms with Crippen LogP contribution in [0.1, 0.15) is 38.7 Å². The van der Waals surface area contributed by atoms with E-state index < -0.39 is 17.8 Å². The number of nitrogens with zero attached hydrogens (tertiary/aromatic N) is 2. The number of aromatic nitrogens is 1. The highest BCUT2D eigenvalue weighted by atomic mass is 19.4. The molecule has 1 atom stereocenters. The lowest BCUT2D eigenvalue weighted by Gasteiger charge is -2.33. The minimum Gasteiger partial charge on any atom is -0.342 e. The van der Waals surface area contributed by atoms with Crippen LogP contribution in [0.4, 0.5) is 23.8 Å². The van der Waals surface area contributed by atoms with Crippen molar-refractivity contribution in [1.82, 2.24) is 15.2 Å². The number of hydrogen-bond donors (Lipinski definition) is 2. The first-order valence-electron chi connectivity index (χ1n) is 8.60. The van der Waals surface area contributed by atoms with Crippen molar-refractivity contribution in [3.05, 3.63) is 23.9 Å². The van der Waals surface area contributed by atoms with Crippen LogP contribution in [0.2, 0.25) is 0 Å². The van der Waals surface area contributed by atoms with Gasteiger partial charge in [-0.3, -0.25) is 10.1 Å². The van der Waals surface area contributed by atoms with Gasteiger partial charge < -0.3 is 10.2 Å². The van der Waals surface area contributed by atoms with E-state index in [1.54, 1.807) is 0 Å². The Balaban J connectivity index is 1.80. The van der Waals surface area contributed by atoms with Crippen molar-refractivity contribution in [2.75, 3.05) is 18.4 Å². The third-order valence-electron chi connectivity index (χ3n) is 4.51. The standard InChI is InChI=1S/C17H23F3N4O2/c1-3-11(2)15(25)24-8-6-13(7-9-24)22-16(26)23-14-5-4-12(10-21-14)17(18,19)20/h4-5,10-11,13H,3,6-9H2,1-2H3,(H2,21,22,23,26)/t11-/m0/s1. The van der Waals surface area contributed by atoms with E-state index in [9.17, 15) is 22.8 Å². The number of rotatable bonds is 4. The molecular formula is C17H23F3N4O2. The van der Waals surface area contributed by atoms with Crippen LogP contribution in [0, 0.1) is 5.92 Å². The van der Waals surface area contributed by atoms with E-state index >= 15 is 0 Å². The Morgan fingerprint density at radius 3 is 2.46 bits per heavy atom. The quantitative estimate of drug-likeness (QED) is 0.852. The van der Waals surface area contributed by atoms with Gasteiger partial charge in [-0.2, -0.15) is 13.2 Å². The van der Waals surface area contributed by atoms with Crippen LogP contribution in [-0.2, 0) is 11.0 Å². The van der Waals surface area contributed by atoms with E-state index in [1.807, 2.05) is 18.7 Å². The molecule has 144 valence electrons. The SMILES string of the molecule is CC[C@H](C)C(=O)N1CCC(NC(=O)Nc2ccc(C(F)(F)F)cn2)CC1. The van der Waals surface area contributed by atoms with Gasteiger partial charge in [0, 0.05) is 31.2 Å². The second kappa shape index (κ2) is 8.37. The van der Waals surface area contributed by atoms with E-state index in [0.717, 1.165) is 18.6 Å². The zero-order valence-corrected chi connectivity index (χ0v) is 14.8. The molecule has 2 N–H and O–H groups in total. The summed E-state index contributed by atoms with van der Waals surface area (Å²) in [5, 5.41) is 5.18. The summed E-state index contributed by atoms with van der Waals surface area (Å²) in [5.41, 5.74) is -0.873. The minimum absolute atomic E-state index is 0.00597. The second-order valence-corrected chi connectivity index (χ2v) is 6.44. The van der Waals surface area contributed by atoms with Crippen molar-refractivity contribution < 1.29 is 22.8 Å². The molecule has 9 heteroatoms. The molecule has 2 rings (SSSR count). The maximum Gasteiger partial charge on any atom is 0.417 e. The number of carbonyl (C=O) groups excluding carboxylic acids is 2. The zero-order valence-electron chi connectivity index (χ0n) is 14.8. The molecule has 6 nitrogen and oxygen atoms in total. The van der Waals surface area contributed by atoms with Gasteiger partial charge in [0.2, 0.25) is 5.91 Å². The van der Waals surface area contributed by atoms with Gasteiger partial charge in [-0.15, -0.1) is 0 Å². The minimum atomic E-state index is -4.46.